The van der Waals surface area contributed by atoms with E-state index in [9.17, 15) is 19.8 Å². The van der Waals surface area contributed by atoms with Crippen molar-refractivity contribution in [1.29, 1.82) is 0 Å². The third-order valence-electron chi connectivity index (χ3n) is 5.95. The minimum Gasteiger partial charge on any atom is -0.478 e. The number of hydrogen-bond acceptors (Lipinski definition) is 6. The number of carboxylic acids is 2. The Hall–Kier alpha value is -4.98. The molecule has 0 radical (unpaired) electrons. The highest BCUT2D eigenvalue weighted by Crippen LogP contribution is 2.33. The summed E-state index contributed by atoms with van der Waals surface area (Å²) >= 11 is 0. The maximum Gasteiger partial charge on any atom is 0.337 e. The van der Waals surface area contributed by atoms with Crippen LogP contribution in [0, 0.1) is 0 Å². The molecule has 4 rings (SSSR count). The molecule has 0 aliphatic heterocycles. The molecule has 0 aromatic heterocycles. The molecule has 6 N–H and O–H groups in total. The summed E-state index contributed by atoms with van der Waals surface area (Å²) in [5.41, 5.74) is 13.9. The Bertz CT molecular complexity index is 1320. The standard InChI is InChI=1S/C29H26N2O6/c1-2-23(17-3-7-19(8-4-17)36-21-11-13-26(30)24(15-21)28(32)33)18-5-9-20(10-6-18)37-22-12-14-27(31)25(16-22)29(34)35/h3-16,23H,2,30-31H2,1H3,(H,32,33)(H,34,35). The van der Waals surface area contributed by atoms with Gasteiger partial charge in [0.25, 0.3) is 0 Å². The minimum atomic E-state index is -1.11. The van der Waals surface area contributed by atoms with Crippen LogP contribution < -0.4 is 20.9 Å². The topological polar surface area (TPSA) is 145 Å². The smallest absolute Gasteiger partial charge is 0.337 e. The van der Waals surface area contributed by atoms with Gasteiger partial charge in [0.15, 0.2) is 0 Å². The zero-order valence-corrected chi connectivity index (χ0v) is 20.0. The number of hydrogen-bond donors (Lipinski definition) is 4. The maximum absolute atomic E-state index is 11.3. The van der Waals surface area contributed by atoms with Crippen LogP contribution in [0.2, 0.25) is 0 Å². The number of benzene rings is 4. The summed E-state index contributed by atoms with van der Waals surface area (Å²) < 4.78 is 11.6. The first-order chi connectivity index (χ1) is 17.7. The second-order valence-corrected chi connectivity index (χ2v) is 8.41. The van der Waals surface area contributed by atoms with E-state index in [2.05, 4.69) is 6.92 Å². The number of aromatic carboxylic acids is 2. The molecule has 4 aromatic rings. The van der Waals surface area contributed by atoms with E-state index in [1.54, 1.807) is 12.1 Å². The Labute approximate surface area is 213 Å². The quantitative estimate of drug-likeness (QED) is 0.195. The van der Waals surface area contributed by atoms with E-state index in [-0.39, 0.29) is 28.4 Å². The van der Waals surface area contributed by atoms with Crippen LogP contribution in [0.5, 0.6) is 23.0 Å². The largest absolute Gasteiger partial charge is 0.478 e. The predicted molar refractivity (Wildman–Crippen MR) is 141 cm³/mol. The average molecular weight is 499 g/mol. The van der Waals surface area contributed by atoms with Gasteiger partial charge in [-0.2, -0.15) is 0 Å². The fraction of sp³-hybridized carbons (Fsp3) is 0.103. The minimum absolute atomic E-state index is 0.00804. The van der Waals surface area contributed by atoms with Crippen LogP contribution in [0.3, 0.4) is 0 Å². The van der Waals surface area contributed by atoms with Gasteiger partial charge in [-0.15, -0.1) is 0 Å². The molecule has 0 amide bonds. The molecule has 0 heterocycles. The number of carboxylic acid groups (broad SMARTS) is 2. The molecular formula is C29H26N2O6. The highest BCUT2D eigenvalue weighted by Gasteiger charge is 2.14. The fourth-order valence-electron chi connectivity index (χ4n) is 4.04. The highest BCUT2D eigenvalue weighted by atomic mass is 16.5. The highest BCUT2D eigenvalue weighted by molar-refractivity contribution is 5.94. The summed E-state index contributed by atoms with van der Waals surface area (Å²) in [6.07, 6.45) is 0.861. The van der Waals surface area contributed by atoms with Gasteiger partial charge in [-0.1, -0.05) is 31.2 Å². The van der Waals surface area contributed by atoms with Crippen LogP contribution in [0.1, 0.15) is 51.1 Å². The number of anilines is 2. The van der Waals surface area contributed by atoms with Gasteiger partial charge in [0.1, 0.15) is 23.0 Å². The molecular weight excluding hydrogens is 472 g/mol. The molecule has 4 aromatic carbocycles. The number of nitrogen functional groups attached to an aromatic ring is 2. The fourth-order valence-corrected chi connectivity index (χ4v) is 4.04. The summed E-state index contributed by atoms with van der Waals surface area (Å²) in [5, 5.41) is 18.5. The molecule has 0 saturated carbocycles. The van der Waals surface area contributed by atoms with Crippen LogP contribution in [-0.4, -0.2) is 22.2 Å². The van der Waals surface area contributed by atoms with Crippen molar-refractivity contribution in [2.24, 2.45) is 0 Å². The van der Waals surface area contributed by atoms with Crippen LogP contribution in [-0.2, 0) is 0 Å². The van der Waals surface area contributed by atoms with Crippen molar-refractivity contribution in [2.45, 2.75) is 19.3 Å². The van der Waals surface area contributed by atoms with Gasteiger partial charge in [-0.25, -0.2) is 9.59 Å². The van der Waals surface area contributed by atoms with E-state index >= 15 is 0 Å². The second-order valence-electron chi connectivity index (χ2n) is 8.41. The van der Waals surface area contributed by atoms with E-state index < -0.39 is 11.9 Å². The molecule has 0 aliphatic carbocycles. The molecule has 8 heteroatoms. The van der Waals surface area contributed by atoms with Gasteiger partial charge < -0.3 is 31.2 Å². The molecule has 0 spiro atoms. The molecule has 0 aliphatic rings. The van der Waals surface area contributed by atoms with Crippen molar-refractivity contribution in [2.75, 3.05) is 11.5 Å². The van der Waals surface area contributed by atoms with E-state index in [1.165, 1.54) is 24.3 Å². The maximum atomic E-state index is 11.3. The lowest BCUT2D eigenvalue weighted by atomic mass is 9.89. The Balaban J connectivity index is 1.47. The number of nitrogens with two attached hydrogens (primary N) is 2. The first-order valence-corrected chi connectivity index (χ1v) is 11.6. The van der Waals surface area contributed by atoms with Crippen molar-refractivity contribution >= 4 is 23.3 Å². The van der Waals surface area contributed by atoms with E-state index in [0.29, 0.717) is 23.0 Å². The van der Waals surface area contributed by atoms with Crippen molar-refractivity contribution in [1.82, 2.24) is 0 Å². The zero-order chi connectivity index (χ0) is 26.5. The van der Waals surface area contributed by atoms with Crippen molar-refractivity contribution in [3.63, 3.8) is 0 Å². The molecule has 37 heavy (non-hydrogen) atoms. The summed E-state index contributed by atoms with van der Waals surface area (Å²) in [5.74, 6) is -0.163. The van der Waals surface area contributed by atoms with Crippen LogP contribution in [0.4, 0.5) is 11.4 Å². The van der Waals surface area contributed by atoms with Crippen LogP contribution in [0.25, 0.3) is 0 Å². The molecule has 0 saturated heterocycles. The number of carbonyl (C=O) groups is 2. The van der Waals surface area contributed by atoms with E-state index in [0.717, 1.165) is 17.5 Å². The first-order valence-electron chi connectivity index (χ1n) is 11.6. The molecule has 0 atom stereocenters. The third-order valence-corrected chi connectivity index (χ3v) is 5.95. The Kier molecular flexibility index (Phi) is 7.29. The summed E-state index contributed by atoms with van der Waals surface area (Å²) in [4.78, 5) is 22.6. The van der Waals surface area contributed by atoms with Crippen molar-refractivity contribution in [3.8, 4) is 23.0 Å². The lowest BCUT2D eigenvalue weighted by molar-refractivity contribution is 0.0687. The SMILES string of the molecule is CCC(c1ccc(Oc2ccc(N)c(C(=O)O)c2)cc1)c1ccc(Oc2ccc(N)c(C(=O)O)c2)cc1. The summed E-state index contributed by atoms with van der Waals surface area (Å²) in [6, 6.07) is 24.3. The van der Waals surface area contributed by atoms with Gasteiger partial charge in [0.2, 0.25) is 0 Å². The lowest BCUT2D eigenvalue weighted by Crippen LogP contribution is -2.02. The predicted octanol–water partition coefficient (Wildman–Crippen LogP) is 6.37. The van der Waals surface area contributed by atoms with Crippen LogP contribution >= 0.6 is 0 Å². The van der Waals surface area contributed by atoms with E-state index in [1.807, 2.05) is 48.5 Å². The van der Waals surface area contributed by atoms with Gasteiger partial charge in [-0.3, -0.25) is 0 Å². The lowest BCUT2D eigenvalue weighted by Gasteiger charge is -2.17. The van der Waals surface area contributed by atoms with Gasteiger partial charge in [0.05, 0.1) is 11.1 Å². The molecule has 0 bridgehead atoms. The Morgan fingerprint density at radius 3 is 1.32 bits per heavy atom. The van der Waals surface area contributed by atoms with Gasteiger partial charge in [0, 0.05) is 17.3 Å². The summed E-state index contributed by atoms with van der Waals surface area (Å²) in [6.45, 7) is 2.10. The van der Waals surface area contributed by atoms with Crippen molar-refractivity contribution in [3.05, 3.63) is 107 Å². The monoisotopic (exact) mass is 498 g/mol. The normalized spacial score (nSPS) is 10.8. The van der Waals surface area contributed by atoms with E-state index in [4.69, 9.17) is 20.9 Å². The first kappa shape index (κ1) is 25.1. The number of ether oxygens (including phenoxy) is 2. The van der Waals surface area contributed by atoms with Gasteiger partial charge >= 0.3 is 11.9 Å². The third kappa shape index (κ3) is 5.82. The summed E-state index contributed by atoms with van der Waals surface area (Å²) in [7, 11) is 0. The van der Waals surface area contributed by atoms with Crippen LogP contribution in [0.15, 0.2) is 84.9 Å². The second kappa shape index (κ2) is 10.7. The molecule has 0 unspecified atom stereocenters. The Morgan fingerprint density at radius 2 is 1.00 bits per heavy atom. The zero-order valence-electron chi connectivity index (χ0n) is 20.0. The Morgan fingerprint density at radius 1 is 0.649 bits per heavy atom. The van der Waals surface area contributed by atoms with Crippen molar-refractivity contribution < 1.29 is 29.3 Å². The average Bonchev–Trinajstić information content (AvgIpc) is 2.88. The molecule has 188 valence electrons. The number of rotatable bonds is 9. The molecule has 8 nitrogen and oxygen atoms in total. The molecule has 0 fully saturated rings. The van der Waals surface area contributed by atoms with Gasteiger partial charge in [-0.05, 0) is 78.2 Å².